The van der Waals surface area contributed by atoms with Crippen LogP contribution in [0.15, 0.2) is 41.6 Å². The van der Waals surface area contributed by atoms with Gasteiger partial charge in [-0.25, -0.2) is 13.8 Å². The summed E-state index contributed by atoms with van der Waals surface area (Å²) in [6.45, 7) is 3.63. The largest absolute Gasteiger partial charge is 0.264 e. The van der Waals surface area contributed by atoms with Gasteiger partial charge in [-0.05, 0) is 37.8 Å². The molecule has 29 heavy (non-hydrogen) atoms. The monoisotopic (exact) mass is 418 g/mol. The second-order valence-corrected chi connectivity index (χ2v) is 9.68. The second-order valence-electron chi connectivity index (χ2n) is 7.82. The summed E-state index contributed by atoms with van der Waals surface area (Å²) in [6, 6.07) is 7.17. The van der Waals surface area contributed by atoms with Crippen LogP contribution in [0.3, 0.4) is 0 Å². The Kier molecular flexibility index (Phi) is 8.41. The van der Waals surface area contributed by atoms with E-state index in [9.17, 15) is 8.42 Å². The lowest BCUT2D eigenvalue weighted by Gasteiger charge is -2.35. The normalized spacial score (nSPS) is 18.3. The van der Waals surface area contributed by atoms with E-state index in [0.717, 1.165) is 43.0 Å². The molecule has 0 spiro atoms. The lowest BCUT2D eigenvalue weighted by Crippen LogP contribution is -2.55. The van der Waals surface area contributed by atoms with Gasteiger partial charge in [0.1, 0.15) is 0 Å². The van der Waals surface area contributed by atoms with E-state index in [4.69, 9.17) is 0 Å². The molecule has 2 heterocycles. The molecule has 1 aromatic carbocycles. The number of pyridine rings is 1. The topological polar surface area (TPSA) is 74.3 Å². The highest BCUT2D eigenvalue weighted by atomic mass is 32.2. The van der Waals surface area contributed by atoms with Gasteiger partial charge >= 0.3 is 0 Å². The van der Waals surface area contributed by atoms with Gasteiger partial charge in [0, 0.05) is 36.3 Å². The van der Waals surface area contributed by atoms with E-state index in [2.05, 4.69) is 22.8 Å². The zero-order valence-electron chi connectivity index (χ0n) is 17.4. The number of fused-ring (bicyclic) bond motifs is 1. The molecule has 3 rings (SSSR count). The molecule has 160 valence electrons. The molecule has 1 unspecified atom stereocenters. The van der Waals surface area contributed by atoms with Crippen LogP contribution in [0.1, 0.15) is 64.7 Å². The average molecular weight is 419 g/mol. The minimum atomic E-state index is -3.59. The van der Waals surface area contributed by atoms with Crippen LogP contribution in [-0.4, -0.2) is 37.0 Å². The Labute approximate surface area is 175 Å². The number of benzene rings is 1. The fourth-order valence-corrected chi connectivity index (χ4v) is 5.79. The molecule has 2 N–H and O–H groups in total. The lowest BCUT2D eigenvalue weighted by atomic mass is 10.1. The second kappa shape index (κ2) is 11.0. The molecule has 0 aliphatic carbocycles. The van der Waals surface area contributed by atoms with Crippen molar-refractivity contribution in [1.29, 1.82) is 0 Å². The number of nitrogens with one attached hydrogen (secondary N) is 2. The van der Waals surface area contributed by atoms with Crippen molar-refractivity contribution in [3.8, 4) is 0 Å². The molecule has 1 aromatic heterocycles. The number of hydrogen-bond acceptors (Lipinski definition) is 5. The maximum atomic E-state index is 13.5. The molecular weight excluding hydrogens is 384 g/mol. The third-order valence-corrected chi connectivity index (χ3v) is 7.57. The Morgan fingerprint density at radius 1 is 1.10 bits per heavy atom. The number of piperidine rings is 1. The fourth-order valence-electron chi connectivity index (χ4n) is 3.96. The van der Waals surface area contributed by atoms with Gasteiger partial charge in [0.2, 0.25) is 10.0 Å². The summed E-state index contributed by atoms with van der Waals surface area (Å²) >= 11 is 0. The van der Waals surface area contributed by atoms with E-state index in [1.54, 1.807) is 34.9 Å². The smallest absolute Gasteiger partial charge is 0.245 e. The molecular formula is C22H34N4O2S. The first kappa shape index (κ1) is 22.2. The van der Waals surface area contributed by atoms with Crippen molar-refractivity contribution in [2.75, 3.05) is 13.1 Å². The average Bonchev–Trinajstić information content (AvgIpc) is 2.75. The molecule has 1 atom stereocenters. The third kappa shape index (κ3) is 5.75. The molecule has 1 fully saturated rings. The first-order valence-electron chi connectivity index (χ1n) is 11.0. The van der Waals surface area contributed by atoms with Crippen LogP contribution in [0.4, 0.5) is 0 Å². The van der Waals surface area contributed by atoms with Crippen molar-refractivity contribution in [1.82, 2.24) is 20.1 Å². The van der Waals surface area contributed by atoms with Crippen molar-refractivity contribution < 1.29 is 8.42 Å². The van der Waals surface area contributed by atoms with Crippen LogP contribution in [0.2, 0.25) is 0 Å². The molecule has 0 amide bonds. The zero-order chi connectivity index (χ0) is 20.5. The van der Waals surface area contributed by atoms with Crippen molar-refractivity contribution in [3.05, 3.63) is 36.7 Å². The Morgan fingerprint density at radius 3 is 2.79 bits per heavy atom. The van der Waals surface area contributed by atoms with Crippen molar-refractivity contribution >= 4 is 20.8 Å². The van der Waals surface area contributed by atoms with Crippen LogP contribution in [0.25, 0.3) is 10.8 Å². The highest BCUT2D eigenvalue weighted by Gasteiger charge is 2.34. The van der Waals surface area contributed by atoms with E-state index in [-0.39, 0.29) is 6.17 Å². The minimum absolute atomic E-state index is 0.217. The Bertz CT molecular complexity index is 867. The van der Waals surface area contributed by atoms with E-state index < -0.39 is 10.0 Å². The molecule has 7 heteroatoms. The van der Waals surface area contributed by atoms with E-state index in [1.807, 2.05) is 6.07 Å². The van der Waals surface area contributed by atoms with Crippen LogP contribution < -0.4 is 10.9 Å². The Morgan fingerprint density at radius 2 is 1.93 bits per heavy atom. The number of rotatable bonds is 11. The summed E-state index contributed by atoms with van der Waals surface area (Å²) in [5.74, 6) is 0. The molecule has 2 aromatic rings. The number of unbranched alkanes of at least 4 members (excludes halogenated alkanes) is 5. The number of sulfonamides is 1. The van der Waals surface area contributed by atoms with Gasteiger partial charge < -0.3 is 0 Å². The number of aromatic nitrogens is 1. The molecule has 1 aliphatic rings. The number of nitrogens with zero attached hydrogens (tertiary/aromatic N) is 2. The van der Waals surface area contributed by atoms with Crippen LogP contribution in [0.5, 0.6) is 0 Å². The first-order valence-corrected chi connectivity index (χ1v) is 12.4. The summed E-state index contributed by atoms with van der Waals surface area (Å²) in [7, 11) is -3.59. The third-order valence-electron chi connectivity index (χ3n) is 5.61. The predicted molar refractivity (Wildman–Crippen MR) is 118 cm³/mol. The molecule has 1 aliphatic heterocycles. The molecule has 1 saturated heterocycles. The minimum Gasteiger partial charge on any atom is -0.264 e. The van der Waals surface area contributed by atoms with Crippen LogP contribution in [0, 0.1) is 0 Å². The highest BCUT2D eigenvalue weighted by Crippen LogP contribution is 2.28. The molecule has 0 radical (unpaired) electrons. The number of hydrazine groups is 1. The zero-order valence-corrected chi connectivity index (χ0v) is 18.3. The van der Waals surface area contributed by atoms with Gasteiger partial charge in [0.25, 0.3) is 0 Å². The molecule has 0 saturated carbocycles. The van der Waals surface area contributed by atoms with Gasteiger partial charge in [0.15, 0.2) is 0 Å². The lowest BCUT2D eigenvalue weighted by molar-refractivity contribution is 0.194. The standard InChI is InChI=1S/C22H34N4O2S/c1-2-3-4-5-6-8-15-24-25-22-13-7-9-17-26(22)29(27,28)21-12-10-11-19-18-23-16-14-20(19)21/h10-12,14,16,18,22,24-25H,2-9,13,15,17H2,1H3. The summed E-state index contributed by atoms with van der Waals surface area (Å²) < 4.78 is 28.6. The van der Waals surface area contributed by atoms with E-state index in [0.29, 0.717) is 11.4 Å². The summed E-state index contributed by atoms with van der Waals surface area (Å²) in [6.07, 6.45) is 13.3. The van der Waals surface area contributed by atoms with Gasteiger partial charge in [0.05, 0.1) is 11.1 Å². The molecule has 0 bridgehead atoms. The van der Waals surface area contributed by atoms with E-state index >= 15 is 0 Å². The predicted octanol–water partition coefficient (Wildman–Crippen LogP) is 4.19. The Hall–Kier alpha value is -1.54. The van der Waals surface area contributed by atoms with Gasteiger partial charge in [-0.3, -0.25) is 10.4 Å². The van der Waals surface area contributed by atoms with E-state index in [1.165, 1.54) is 32.1 Å². The van der Waals surface area contributed by atoms with Gasteiger partial charge in [-0.15, -0.1) is 0 Å². The summed E-state index contributed by atoms with van der Waals surface area (Å²) in [5, 5.41) is 1.57. The summed E-state index contributed by atoms with van der Waals surface area (Å²) in [4.78, 5) is 4.48. The first-order chi connectivity index (χ1) is 14.1. The quantitative estimate of drug-likeness (QED) is 0.423. The number of hydrogen-bond donors (Lipinski definition) is 2. The van der Waals surface area contributed by atoms with Crippen LogP contribution in [-0.2, 0) is 10.0 Å². The summed E-state index contributed by atoms with van der Waals surface area (Å²) in [5.41, 5.74) is 6.55. The van der Waals surface area contributed by atoms with Crippen molar-refractivity contribution in [3.63, 3.8) is 0 Å². The van der Waals surface area contributed by atoms with Gasteiger partial charge in [-0.2, -0.15) is 4.31 Å². The molecule has 6 nitrogen and oxygen atoms in total. The maximum absolute atomic E-state index is 13.5. The van der Waals surface area contributed by atoms with Crippen LogP contribution >= 0.6 is 0 Å². The van der Waals surface area contributed by atoms with Gasteiger partial charge in [-0.1, -0.05) is 51.2 Å². The Balaban J connectivity index is 1.62. The SMILES string of the molecule is CCCCCCCCNNC1CCCCN1S(=O)(=O)c1cccc2cnccc12. The highest BCUT2D eigenvalue weighted by molar-refractivity contribution is 7.89. The fraction of sp³-hybridized carbons (Fsp3) is 0.591. The van der Waals surface area contributed by atoms with Crippen molar-refractivity contribution in [2.24, 2.45) is 0 Å². The van der Waals surface area contributed by atoms with Crippen molar-refractivity contribution in [2.45, 2.75) is 75.8 Å². The maximum Gasteiger partial charge on any atom is 0.245 e.